The number of carbonyl (C=O) groups is 2. The second-order valence-electron chi connectivity index (χ2n) is 3.29. The molecule has 0 aromatic heterocycles. The molecule has 1 aromatic rings. The predicted molar refractivity (Wildman–Crippen MR) is 56.4 cm³/mol. The van der Waals surface area contributed by atoms with E-state index in [1.807, 2.05) is 12.1 Å². The normalized spacial score (nSPS) is 15.1. The molecule has 1 aliphatic rings. The highest BCUT2D eigenvalue weighted by Crippen LogP contribution is 2.15. The van der Waals surface area contributed by atoms with Gasteiger partial charge >= 0.3 is 0 Å². The molecule has 1 heterocycles. The Morgan fingerprint density at radius 2 is 2.07 bits per heavy atom. The van der Waals surface area contributed by atoms with E-state index in [9.17, 15) is 9.59 Å². The van der Waals surface area contributed by atoms with Crippen molar-refractivity contribution in [2.75, 3.05) is 0 Å². The quantitative estimate of drug-likeness (QED) is 0.769. The van der Waals surface area contributed by atoms with Crippen molar-refractivity contribution in [1.82, 2.24) is 5.32 Å². The molecule has 0 bridgehead atoms. The van der Waals surface area contributed by atoms with Crippen LogP contribution in [0.1, 0.15) is 5.56 Å². The summed E-state index contributed by atoms with van der Waals surface area (Å²) in [5, 5.41) is 2.82. The zero-order valence-corrected chi connectivity index (χ0v) is 8.54. The highest BCUT2D eigenvalue weighted by molar-refractivity contribution is 6.30. The molecule has 0 saturated carbocycles. The number of benzene rings is 1. The first-order valence-electron chi connectivity index (χ1n) is 4.45. The van der Waals surface area contributed by atoms with Gasteiger partial charge in [0.1, 0.15) is 0 Å². The van der Waals surface area contributed by atoms with E-state index in [0.29, 0.717) is 17.0 Å². The summed E-state index contributed by atoms with van der Waals surface area (Å²) in [6.07, 6.45) is 1.75. The van der Waals surface area contributed by atoms with E-state index >= 15 is 0 Å². The summed E-state index contributed by atoms with van der Waals surface area (Å²) in [5.74, 6) is -0.669. The summed E-state index contributed by atoms with van der Waals surface area (Å²) in [7, 11) is 0. The third-order valence-electron chi connectivity index (χ3n) is 2.12. The minimum atomic E-state index is -0.350. The molecule has 1 aromatic carbocycles. The summed E-state index contributed by atoms with van der Waals surface area (Å²) in [6.45, 7) is 0. The molecule has 4 heteroatoms. The molecule has 0 spiro atoms. The molecule has 3 nitrogen and oxygen atoms in total. The monoisotopic (exact) mass is 221 g/mol. The van der Waals surface area contributed by atoms with Gasteiger partial charge in [0.2, 0.25) is 0 Å². The number of hydrogen-bond donors (Lipinski definition) is 1. The molecule has 2 amide bonds. The summed E-state index contributed by atoms with van der Waals surface area (Å²) < 4.78 is 0. The molecule has 0 saturated heterocycles. The van der Waals surface area contributed by atoms with E-state index in [1.54, 1.807) is 12.1 Å². The maximum absolute atomic E-state index is 11.2. The number of nitrogens with one attached hydrogen (secondary N) is 1. The first-order chi connectivity index (χ1) is 7.15. The Morgan fingerprint density at radius 3 is 2.67 bits per heavy atom. The third kappa shape index (κ3) is 2.25. The third-order valence-corrected chi connectivity index (χ3v) is 2.35. The van der Waals surface area contributed by atoms with Crippen LogP contribution in [0.25, 0.3) is 0 Å². The van der Waals surface area contributed by atoms with Gasteiger partial charge in [-0.2, -0.15) is 0 Å². The lowest BCUT2D eigenvalue weighted by Crippen LogP contribution is -2.22. The molecule has 1 N–H and O–H groups in total. The molecule has 1 aliphatic heterocycles. The first kappa shape index (κ1) is 9.93. The molecule has 0 fully saturated rings. The van der Waals surface area contributed by atoms with Gasteiger partial charge < -0.3 is 0 Å². The fraction of sp³-hybridized carbons (Fsp3) is 0.0909. The van der Waals surface area contributed by atoms with Crippen molar-refractivity contribution in [3.05, 3.63) is 46.5 Å². The lowest BCUT2D eigenvalue weighted by Gasteiger charge is -2.00. The summed E-state index contributed by atoms with van der Waals surface area (Å²) >= 11 is 5.81. The highest BCUT2D eigenvalue weighted by atomic mass is 35.5. The molecular weight excluding hydrogens is 214 g/mol. The van der Waals surface area contributed by atoms with Crippen molar-refractivity contribution in [2.24, 2.45) is 0 Å². The molecule has 0 unspecified atom stereocenters. The topological polar surface area (TPSA) is 46.2 Å². The molecule has 0 radical (unpaired) electrons. The Morgan fingerprint density at radius 1 is 1.27 bits per heavy atom. The van der Waals surface area contributed by atoms with Crippen LogP contribution in [-0.4, -0.2) is 11.8 Å². The summed E-state index contributed by atoms with van der Waals surface area (Å²) in [6, 6.07) is 7.22. The standard InChI is InChI=1S/C11H8ClNO2/c12-9-3-1-2-7(5-9)4-8-6-10(14)13-11(8)15/h1-3,5-6H,4H2,(H,13,14,15). The van der Waals surface area contributed by atoms with Crippen LogP contribution in [0.5, 0.6) is 0 Å². The van der Waals surface area contributed by atoms with Crippen LogP contribution in [0, 0.1) is 0 Å². The van der Waals surface area contributed by atoms with Gasteiger partial charge in [-0.1, -0.05) is 23.7 Å². The van der Waals surface area contributed by atoms with Crippen LogP contribution >= 0.6 is 11.6 Å². The smallest absolute Gasteiger partial charge is 0.254 e. The average molecular weight is 222 g/mol. The molecular formula is C11H8ClNO2. The van der Waals surface area contributed by atoms with Gasteiger partial charge in [-0.15, -0.1) is 0 Å². The van der Waals surface area contributed by atoms with Crippen molar-refractivity contribution in [3.63, 3.8) is 0 Å². The number of amides is 2. The fourth-order valence-corrected chi connectivity index (χ4v) is 1.66. The lowest BCUT2D eigenvalue weighted by molar-refractivity contribution is -0.123. The predicted octanol–water partition coefficient (Wildman–Crippen LogP) is 1.47. The number of halogens is 1. The number of imide groups is 1. The van der Waals surface area contributed by atoms with Crippen LogP contribution in [-0.2, 0) is 16.0 Å². The van der Waals surface area contributed by atoms with Gasteiger partial charge in [-0.05, 0) is 17.7 Å². The van der Waals surface area contributed by atoms with E-state index in [2.05, 4.69) is 5.32 Å². The van der Waals surface area contributed by atoms with Crippen molar-refractivity contribution in [3.8, 4) is 0 Å². The largest absolute Gasteiger partial charge is 0.289 e. The lowest BCUT2D eigenvalue weighted by atomic mass is 10.1. The van der Waals surface area contributed by atoms with Crippen LogP contribution < -0.4 is 5.32 Å². The van der Waals surface area contributed by atoms with E-state index < -0.39 is 0 Å². The molecule has 0 aliphatic carbocycles. The maximum atomic E-state index is 11.2. The highest BCUT2D eigenvalue weighted by Gasteiger charge is 2.20. The van der Waals surface area contributed by atoms with E-state index in [-0.39, 0.29) is 11.8 Å². The van der Waals surface area contributed by atoms with Gasteiger partial charge in [0, 0.05) is 23.1 Å². The van der Waals surface area contributed by atoms with Crippen molar-refractivity contribution in [2.45, 2.75) is 6.42 Å². The van der Waals surface area contributed by atoms with Gasteiger partial charge in [0.25, 0.3) is 11.8 Å². The Kier molecular flexibility index (Phi) is 2.56. The van der Waals surface area contributed by atoms with Crippen molar-refractivity contribution < 1.29 is 9.59 Å². The number of hydrogen-bond acceptors (Lipinski definition) is 2. The van der Waals surface area contributed by atoms with Gasteiger partial charge in [-0.25, -0.2) is 0 Å². The Bertz CT molecular complexity index is 465. The number of rotatable bonds is 2. The van der Waals surface area contributed by atoms with Crippen molar-refractivity contribution >= 4 is 23.4 Å². The average Bonchev–Trinajstić information content (AvgIpc) is 2.45. The second-order valence-corrected chi connectivity index (χ2v) is 3.73. The summed E-state index contributed by atoms with van der Waals surface area (Å²) in [5.41, 5.74) is 1.39. The second kappa shape index (κ2) is 3.87. The molecule has 76 valence electrons. The molecule has 0 atom stereocenters. The van der Waals surface area contributed by atoms with Crippen LogP contribution in [0.3, 0.4) is 0 Å². The maximum Gasteiger partial charge on any atom is 0.254 e. The van der Waals surface area contributed by atoms with Crippen LogP contribution in [0.2, 0.25) is 5.02 Å². The van der Waals surface area contributed by atoms with Gasteiger partial charge in [0.15, 0.2) is 0 Å². The van der Waals surface area contributed by atoms with Crippen LogP contribution in [0.15, 0.2) is 35.9 Å². The summed E-state index contributed by atoms with van der Waals surface area (Å²) in [4.78, 5) is 22.1. The van der Waals surface area contributed by atoms with Crippen LogP contribution in [0.4, 0.5) is 0 Å². The Balaban J connectivity index is 2.19. The van der Waals surface area contributed by atoms with Crippen molar-refractivity contribution in [1.29, 1.82) is 0 Å². The van der Waals surface area contributed by atoms with E-state index in [0.717, 1.165) is 5.56 Å². The fourth-order valence-electron chi connectivity index (χ4n) is 1.45. The SMILES string of the molecule is O=C1C=C(Cc2cccc(Cl)c2)C(=O)N1. The van der Waals surface area contributed by atoms with Gasteiger partial charge in [-0.3, -0.25) is 14.9 Å². The minimum Gasteiger partial charge on any atom is -0.289 e. The van der Waals surface area contributed by atoms with E-state index in [4.69, 9.17) is 11.6 Å². The van der Waals surface area contributed by atoms with E-state index in [1.165, 1.54) is 6.08 Å². The zero-order valence-electron chi connectivity index (χ0n) is 7.79. The molecule has 15 heavy (non-hydrogen) atoms. The zero-order chi connectivity index (χ0) is 10.8. The first-order valence-corrected chi connectivity index (χ1v) is 4.83. The number of carbonyl (C=O) groups excluding carboxylic acids is 2. The molecule has 2 rings (SSSR count). The van der Waals surface area contributed by atoms with Gasteiger partial charge in [0.05, 0.1) is 0 Å². The Labute approximate surface area is 91.7 Å². The Hall–Kier alpha value is -1.61. The minimum absolute atomic E-state index is 0.319.